The average molecular weight is 561 g/mol. The fourth-order valence-corrected chi connectivity index (χ4v) is 6.49. The lowest BCUT2D eigenvalue weighted by Crippen LogP contribution is -2.36. The maximum absolute atomic E-state index is 13.0. The Morgan fingerprint density at radius 3 is 2.37 bits per heavy atom. The first kappa shape index (κ1) is 27.5. The van der Waals surface area contributed by atoms with Crippen molar-refractivity contribution in [1.29, 1.82) is 0 Å². The zero-order chi connectivity index (χ0) is 27.4. The molecule has 0 saturated carbocycles. The maximum Gasteiger partial charge on any atom is 0.341 e. The van der Waals surface area contributed by atoms with Gasteiger partial charge in [-0.25, -0.2) is 4.79 Å². The van der Waals surface area contributed by atoms with Crippen molar-refractivity contribution in [3.05, 3.63) is 38.6 Å². The van der Waals surface area contributed by atoms with Gasteiger partial charge < -0.3 is 24.3 Å². The summed E-state index contributed by atoms with van der Waals surface area (Å²) in [5.41, 5.74) is 1.84. The largest absolute Gasteiger partial charge is 0.493 e. The van der Waals surface area contributed by atoms with Gasteiger partial charge in [0, 0.05) is 4.88 Å². The molecule has 0 atom stereocenters. The number of amides is 3. The van der Waals surface area contributed by atoms with Gasteiger partial charge in [0.05, 0.1) is 38.4 Å². The molecule has 3 amide bonds. The maximum atomic E-state index is 13.0. The summed E-state index contributed by atoms with van der Waals surface area (Å²) in [4.78, 5) is 53.3. The van der Waals surface area contributed by atoms with Gasteiger partial charge in [-0.1, -0.05) is 0 Å². The van der Waals surface area contributed by atoms with Gasteiger partial charge in [-0.15, -0.1) is 11.3 Å². The molecular formula is C26H28N2O8S2. The van der Waals surface area contributed by atoms with Gasteiger partial charge in [-0.3, -0.25) is 19.3 Å². The standard InChI is InChI=1S/C26H28N2O8S2/c1-5-36-25(31)21-15-8-6-7-9-18(15)37-23(21)27-20(29)13-28-24(30)19(38-26(28)32)12-14-10-16(33-2)22(35-4)17(11-14)34-3/h10-12H,5-9,13H2,1-4H3,(H,27,29). The van der Waals surface area contributed by atoms with Gasteiger partial charge in [0.15, 0.2) is 11.5 Å². The molecule has 1 fully saturated rings. The number of carbonyl (C=O) groups is 4. The number of hydrogen-bond donors (Lipinski definition) is 1. The molecule has 38 heavy (non-hydrogen) atoms. The second-order valence-electron chi connectivity index (χ2n) is 8.41. The minimum atomic E-state index is -0.597. The Morgan fingerprint density at radius 2 is 1.74 bits per heavy atom. The highest BCUT2D eigenvalue weighted by molar-refractivity contribution is 8.18. The van der Waals surface area contributed by atoms with E-state index in [0.29, 0.717) is 33.4 Å². The van der Waals surface area contributed by atoms with Gasteiger partial charge in [0.2, 0.25) is 11.7 Å². The zero-order valence-electron chi connectivity index (χ0n) is 21.5. The number of thioether (sulfide) groups is 1. The number of fused-ring (bicyclic) bond motifs is 1. The SMILES string of the molecule is CCOC(=O)c1c(NC(=O)CN2C(=O)SC(=Cc3cc(OC)c(OC)c(OC)c3)C2=O)sc2c1CCCC2. The number of carbonyl (C=O) groups excluding carboxylic acids is 4. The molecule has 10 nitrogen and oxygen atoms in total. The number of nitrogens with one attached hydrogen (secondary N) is 1. The van der Waals surface area contributed by atoms with E-state index < -0.39 is 29.6 Å². The zero-order valence-corrected chi connectivity index (χ0v) is 23.1. The molecule has 1 N–H and O–H groups in total. The summed E-state index contributed by atoms with van der Waals surface area (Å²) in [7, 11) is 4.44. The lowest BCUT2D eigenvalue weighted by Gasteiger charge is -2.14. The molecule has 0 radical (unpaired) electrons. The molecule has 0 unspecified atom stereocenters. The molecule has 4 rings (SSSR count). The summed E-state index contributed by atoms with van der Waals surface area (Å²) in [6, 6.07) is 3.30. The summed E-state index contributed by atoms with van der Waals surface area (Å²) >= 11 is 2.08. The number of nitrogens with zero attached hydrogens (tertiary/aromatic N) is 1. The third kappa shape index (κ3) is 5.51. The molecule has 1 aliphatic carbocycles. The van der Waals surface area contributed by atoms with E-state index in [2.05, 4.69) is 5.32 Å². The van der Waals surface area contributed by atoms with Crippen LogP contribution in [0.2, 0.25) is 0 Å². The molecule has 2 aliphatic rings. The lowest BCUT2D eigenvalue weighted by molar-refractivity contribution is -0.127. The van der Waals surface area contributed by atoms with E-state index in [1.165, 1.54) is 38.7 Å². The number of anilines is 1. The molecule has 0 spiro atoms. The summed E-state index contributed by atoms with van der Waals surface area (Å²) in [5, 5.41) is 2.56. The van der Waals surface area contributed by atoms with Crippen molar-refractivity contribution in [3.63, 3.8) is 0 Å². The summed E-state index contributed by atoms with van der Waals surface area (Å²) < 4.78 is 21.2. The molecule has 1 saturated heterocycles. The van der Waals surface area contributed by atoms with Crippen molar-refractivity contribution in [1.82, 2.24) is 4.90 Å². The van der Waals surface area contributed by atoms with Crippen molar-refractivity contribution < 1.29 is 38.1 Å². The second-order valence-corrected chi connectivity index (χ2v) is 10.5. The van der Waals surface area contributed by atoms with Crippen LogP contribution in [0, 0.1) is 0 Å². The van der Waals surface area contributed by atoms with Crippen molar-refractivity contribution in [3.8, 4) is 17.2 Å². The highest BCUT2D eigenvalue weighted by Gasteiger charge is 2.37. The number of thiophene rings is 1. The van der Waals surface area contributed by atoms with Crippen LogP contribution < -0.4 is 19.5 Å². The van der Waals surface area contributed by atoms with Crippen LogP contribution >= 0.6 is 23.1 Å². The molecule has 1 aliphatic heterocycles. The topological polar surface area (TPSA) is 120 Å². The quantitative estimate of drug-likeness (QED) is 0.349. The number of benzene rings is 1. The smallest absolute Gasteiger partial charge is 0.341 e. The molecule has 2 aromatic rings. The summed E-state index contributed by atoms with van der Waals surface area (Å²) in [5.74, 6) is -0.470. The molecule has 0 bridgehead atoms. The molecular weight excluding hydrogens is 532 g/mol. The number of rotatable bonds is 9. The molecule has 1 aromatic heterocycles. The van der Waals surface area contributed by atoms with E-state index in [0.717, 1.165) is 52.8 Å². The number of esters is 1. The molecule has 1 aromatic carbocycles. The van der Waals surface area contributed by atoms with Crippen LogP contribution in [0.1, 0.15) is 46.1 Å². The monoisotopic (exact) mass is 560 g/mol. The molecule has 12 heteroatoms. The second kappa shape index (κ2) is 11.9. The normalized spacial score (nSPS) is 15.9. The van der Waals surface area contributed by atoms with E-state index in [1.54, 1.807) is 19.1 Å². The van der Waals surface area contributed by atoms with Crippen LogP contribution in [-0.2, 0) is 27.2 Å². The van der Waals surface area contributed by atoms with Crippen LogP contribution in [0.25, 0.3) is 6.08 Å². The number of methoxy groups -OCH3 is 3. The van der Waals surface area contributed by atoms with Crippen LogP contribution in [0.4, 0.5) is 9.80 Å². The molecule has 202 valence electrons. The van der Waals surface area contributed by atoms with Gasteiger partial charge >= 0.3 is 5.97 Å². The van der Waals surface area contributed by atoms with Crippen molar-refractivity contribution >= 4 is 57.2 Å². The van der Waals surface area contributed by atoms with Crippen molar-refractivity contribution in [2.45, 2.75) is 32.6 Å². The Kier molecular flexibility index (Phi) is 8.62. The van der Waals surface area contributed by atoms with Gasteiger partial charge in [-0.2, -0.15) is 0 Å². The van der Waals surface area contributed by atoms with Crippen LogP contribution in [0.15, 0.2) is 17.0 Å². The van der Waals surface area contributed by atoms with Crippen molar-refractivity contribution in [2.24, 2.45) is 0 Å². The van der Waals surface area contributed by atoms with E-state index in [9.17, 15) is 19.2 Å². The van der Waals surface area contributed by atoms with E-state index >= 15 is 0 Å². The first-order valence-corrected chi connectivity index (χ1v) is 13.6. The Bertz CT molecular complexity index is 1290. The highest BCUT2D eigenvalue weighted by atomic mass is 32.2. The fourth-order valence-electron chi connectivity index (χ4n) is 4.36. The third-order valence-electron chi connectivity index (χ3n) is 6.06. The minimum Gasteiger partial charge on any atom is -0.493 e. The summed E-state index contributed by atoms with van der Waals surface area (Å²) in [6.45, 7) is 1.45. The molecule has 2 heterocycles. The van der Waals surface area contributed by atoms with Gasteiger partial charge in [0.25, 0.3) is 11.1 Å². The summed E-state index contributed by atoms with van der Waals surface area (Å²) in [6.07, 6.45) is 5.07. The first-order chi connectivity index (χ1) is 18.3. The average Bonchev–Trinajstić information content (AvgIpc) is 3.39. The Hall–Kier alpha value is -3.51. The van der Waals surface area contributed by atoms with E-state index in [1.807, 2.05) is 0 Å². The minimum absolute atomic E-state index is 0.149. The lowest BCUT2D eigenvalue weighted by atomic mass is 9.95. The number of hydrogen-bond acceptors (Lipinski definition) is 10. The predicted molar refractivity (Wildman–Crippen MR) is 144 cm³/mol. The Labute approximate surface area is 228 Å². The highest BCUT2D eigenvalue weighted by Crippen LogP contribution is 2.41. The number of aryl methyl sites for hydroxylation is 1. The third-order valence-corrected chi connectivity index (χ3v) is 8.18. The number of imide groups is 1. The van der Waals surface area contributed by atoms with Crippen LogP contribution in [-0.4, -0.2) is 62.4 Å². The van der Waals surface area contributed by atoms with Gasteiger partial charge in [-0.05, 0) is 73.7 Å². The fraction of sp³-hybridized carbons (Fsp3) is 0.385. The Morgan fingerprint density at radius 1 is 1.05 bits per heavy atom. The predicted octanol–water partition coefficient (Wildman–Crippen LogP) is 4.50. The van der Waals surface area contributed by atoms with Crippen LogP contribution in [0.3, 0.4) is 0 Å². The van der Waals surface area contributed by atoms with E-state index in [4.69, 9.17) is 18.9 Å². The Balaban J connectivity index is 1.52. The first-order valence-electron chi connectivity index (χ1n) is 12.0. The van der Waals surface area contributed by atoms with Gasteiger partial charge in [0.1, 0.15) is 11.5 Å². The number of ether oxygens (including phenoxy) is 4. The van der Waals surface area contributed by atoms with Crippen molar-refractivity contribution in [2.75, 3.05) is 39.8 Å². The van der Waals surface area contributed by atoms with E-state index in [-0.39, 0.29) is 11.5 Å². The van der Waals surface area contributed by atoms with Crippen LogP contribution in [0.5, 0.6) is 17.2 Å².